The van der Waals surface area contributed by atoms with Crippen molar-refractivity contribution in [2.24, 2.45) is 7.05 Å². The largest absolute Gasteiger partial charge is 0.419 e. The third kappa shape index (κ3) is 2.55. The van der Waals surface area contributed by atoms with Crippen molar-refractivity contribution in [1.29, 1.82) is 0 Å². The molecular weight excluding hydrogens is 309 g/mol. The van der Waals surface area contributed by atoms with Gasteiger partial charge in [0.2, 0.25) is 0 Å². The molecule has 114 valence electrons. The van der Waals surface area contributed by atoms with Crippen LogP contribution in [-0.2, 0) is 22.6 Å². The molecule has 5 nitrogen and oxygen atoms in total. The summed E-state index contributed by atoms with van der Waals surface area (Å²) in [7, 11) is -2.07. The van der Waals surface area contributed by atoms with Gasteiger partial charge in [-0.1, -0.05) is 12.1 Å². The van der Waals surface area contributed by atoms with Gasteiger partial charge in [-0.15, -0.1) is 0 Å². The van der Waals surface area contributed by atoms with Crippen LogP contribution in [0.5, 0.6) is 0 Å². The first-order chi connectivity index (χ1) is 10.4. The van der Waals surface area contributed by atoms with E-state index in [2.05, 4.69) is 0 Å². The molecule has 2 aromatic carbocycles. The maximum absolute atomic E-state index is 12.9. The Kier molecular flexibility index (Phi) is 3.37. The van der Waals surface area contributed by atoms with Gasteiger partial charge in [-0.05, 0) is 29.8 Å². The molecule has 0 unspecified atom stereocenters. The lowest BCUT2D eigenvalue weighted by molar-refractivity contribution is 0.527. The molecule has 0 saturated heterocycles. The summed E-state index contributed by atoms with van der Waals surface area (Å²) in [5.41, 5.74) is 1.22. The predicted molar refractivity (Wildman–Crippen MR) is 78.7 cm³/mol. The summed E-state index contributed by atoms with van der Waals surface area (Å²) in [4.78, 5) is 11.5. The van der Waals surface area contributed by atoms with E-state index >= 15 is 0 Å². The van der Waals surface area contributed by atoms with Crippen LogP contribution in [0.4, 0.5) is 4.39 Å². The number of halogens is 1. The molecule has 1 aromatic heterocycles. The van der Waals surface area contributed by atoms with E-state index < -0.39 is 21.4 Å². The van der Waals surface area contributed by atoms with E-state index in [1.54, 1.807) is 7.05 Å². The van der Waals surface area contributed by atoms with Crippen LogP contribution in [0.1, 0.15) is 5.56 Å². The van der Waals surface area contributed by atoms with Gasteiger partial charge < -0.3 is 4.42 Å². The average Bonchev–Trinajstić information content (AvgIpc) is 2.76. The van der Waals surface area contributed by atoms with Crippen molar-refractivity contribution in [3.05, 3.63) is 64.4 Å². The van der Waals surface area contributed by atoms with Gasteiger partial charge in [-0.2, -0.15) is 0 Å². The lowest BCUT2D eigenvalue weighted by atomic mass is 10.2. The van der Waals surface area contributed by atoms with Crippen molar-refractivity contribution in [2.45, 2.75) is 10.6 Å². The molecule has 1 heterocycles. The van der Waals surface area contributed by atoms with Gasteiger partial charge in [0.1, 0.15) is 5.82 Å². The molecular formula is C15H12FNO4S. The fourth-order valence-electron chi connectivity index (χ4n) is 2.19. The molecule has 0 atom stereocenters. The smallest absolute Gasteiger partial charge is 0.408 e. The minimum atomic E-state index is -3.61. The van der Waals surface area contributed by atoms with Gasteiger partial charge in [-0.3, -0.25) is 4.57 Å². The number of hydrogen-bond donors (Lipinski definition) is 0. The highest BCUT2D eigenvalue weighted by Gasteiger charge is 2.18. The van der Waals surface area contributed by atoms with Crippen molar-refractivity contribution in [1.82, 2.24) is 4.57 Å². The highest BCUT2D eigenvalue weighted by molar-refractivity contribution is 7.90. The third-order valence-corrected chi connectivity index (χ3v) is 5.08. The molecule has 0 aliphatic rings. The summed E-state index contributed by atoms with van der Waals surface area (Å²) >= 11 is 0. The standard InChI is InChI=1S/C15H12FNO4S/c1-17-13-7-6-12(8-14(13)21-15(17)18)22(19,20)9-10-2-4-11(16)5-3-10/h2-8H,9H2,1H3. The topological polar surface area (TPSA) is 69.3 Å². The van der Waals surface area contributed by atoms with Gasteiger partial charge >= 0.3 is 5.76 Å². The Bertz CT molecular complexity index is 1000. The Balaban J connectivity index is 2.01. The van der Waals surface area contributed by atoms with Crippen LogP contribution in [0, 0.1) is 5.82 Å². The molecule has 3 rings (SSSR count). The molecule has 7 heteroatoms. The summed E-state index contributed by atoms with van der Waals surface area (Å²) in [6.45, 7) is 0. The number of fused-ring (bicyclic) bond motifs is 1. The van der Waals surface area contributed by atoms with Crippen LogP contribution in [0.2, 0.25) is 0 Å². The van der Waals surface area contributed by atoms with Gasteiger partial charge in [0, 0.05) is 13.1 Å². The Labute approximate surface area is 125 Å². The zero-order valence-electron chi connectivity index (χ0n) is 11.6. The van der Waals surface area contributed by atoms with Gasteiger partial charge in [-0.25, -0.2) is 17.6 Å². The van der Waals surface area contributed by atoms with E-state index in [9.17, 15) is 17.6 Å². The Morgan fingerprint density at radius 1 is 1.14 bits per heavy atom. The summed E-state index contributed by atoms with van der Waals surface area (Å²) < 4.78 is 44.0. The minimum Gasteiger partial charge on any atom is -0.408 e. The first kappa shape index (κ1) is 14.5. The van der Waals surface area contributed by atoms with Crippen LogP contribution in [0.25, 0.3) is 11.1 Å². The highest BCUT2D eigenvalue weighted by atomic mass is 32.2. The van der Waals surface area contributed by atoms with E-state index in [-0.39, 0.29) is 16.2 Å². The number of benzene rings is 2. The quantitative estimate of drug-likeness (QED) is 0.742. The van der Waals surface area contributed by atoms with E-state index in [0.29, 0.717) is 11.1 Å². The van der Waals surface area contributed by atoms with Crippen LogP contribution >= 0.6 is 0 Å². The summed E-state index contributed by atoms with van der Waals surface area (Å²) in [5, 5.41) is 0. The van der Waals surface area contributed by atoms with Crippen molar-refractivity contribution >= 4 is 20.9 Å². The fourth-order valence-corrected chi connectivity index (χ4v) is 3.55. The second-order valence-electron chi connectivity index (χ2n) is 4.94. The average molecular weight is 321 g/mol. The summed E-state index contributed by atoms with van der Waals surface area (Å²) in [6, 6.07) is 9.56. The van der Waals surface area contributed by atoms with E-state index in [1.165, 1.54) is 47.0 Å². The lowest BCUT2D eigenvalue weighted by Crippen LogP contribution is -2.08. The highest BCUT2D eigenvalue weighted by Crippen LogP contribution is 2.21. The number of aromatic nitrogens is 1. The molecule has 0 saturated carbocycles. The molecule has 0 aliphatic heterocycles. The number of rotatable bonds is 3. The fraction of sp³-hybridized carbons (Fsp3) is 0.133. The summed E-state index contributed by atoms with van der Waals surface area (Å²) in [5.74, 6) is -1.23. The molecule has 0 aliphatic carbocycles. The van der Waals surface area contributed by atoms with Crippen LogP contribution < -0.4 is 5.76 Å². The second-order valence-corrected chi connectivity index (χ2v) is 6.93. The zero-order chi connectivity index (χ0) is 15.9. The van der Waals surface area contributed by atoms with Crippen LogP contribution in [-0.4, -0.2) is 13.0 Å². The number of sulfone groups is 1. The molecule has 3 aromatic rings. The zero-order valence-corrected chi connectivity index (χ0v) is 12.4. The number of nitrogens with zero attached hydrogens (tertiary/aromatic N) is 1. The van der Waals surface area contributed by atoms with Gasteiger partial charge in [0.05, 0.1) is 16.2 Å². The third-order valence-electron chi connectivity index (χ3n) is 3.39. The molecule has 0 N–H and O–H groups in total. The molecule has 0 bridgehead atoms. The monoisotopic (exact) mass is 321 g/mol. The first-order valence-electron chi connectivity index (χ1n) is 6.43. The maximum atomic E-state index is 12.9. The molecule has 0 radical (unpaired) electrons. The SMILES string of the molecule is Cn1c(=O)oc2cc(S(=O)(=O)Cc3ccc(F)cc3)ccc21. The van der Waals surface area contributed by atoms with Crippen molar-refractivity contribution < 1.29 is 17.2 Å². The van der Waals surface area contributed by atoms with Gasteiger partial charge in [0.25, 0.3) is 0 Å². The number of aryl methyl sites for hydroxylation is 1. The molecule has 0 spiro atoms. The Hall–Kier alpha value is -2.41. The van der Waals surface area contributed by atoms with Crippen molar-refractivity contribution in [2.75, 3.05) is 0 Å². The van der Waals surface area contributed by atoms with Gasteiger partial charge in [0.15, 0.2) is 15.4 Å². The first-order valence-corrected chi connectivity index (χ1v) is 8.09. The predicted octanol–water partition coefficient (Wildman–Crippen LogP) is 2.24. The normalized spacial score (nSPS) is 11.9. The van der Waals surface area contributed by atoms with Crippen molar-refractivity contribution in [3.63, 3.8) is 0 Å². The maximum Gasteiger partial charge on any atom is 0.419 e. The van der Waals surface area contributed by atoms with Crippen LogP contribution in [0.15, 0.2) is 56.6 Å². The summed E-state index contributed by atoms with van der Waals surface area (Å²) in [6.07, 6.45) is 0. The number of hydrogen-bond acceptors (Lipinski definition) is 4. The van der Waals surface area contributed by atoms with Crippen molar-refractivity contribution in [3.8, 4) is 0 Å². The molecule has 22 heavy (non-hydrogen) atoms. The number of oxazole rings is 1. The lowest BCUT2D eigenvalue weighted by Gasteiger charge is -2.05. The van der Waals surface area contributed by atoms with E-state index in [4.69, 9.17) is 4.42 Å². The Morgan fingerprint density at radius 3 is 2.50 bits per heavy atom. The second kappa shape index (κ2) is 5.10. The van der Waals surface area contributed by atoms with Crippen LogP contribution in [0.3, 0.4) is 0 Å². The minimum absolute atomic E-state index is 0.0543. The Morgan fingerprint density at radius 2 is 1.82 bits per heavy atom. The molecule has 0 amide bonds. The molecule has 0 fully saturated rings. The van der Waals surface area contributed by atoms with E-state index in [1.807, 2.05) is 0 Å². The van der Waals surface area contributed by atoms with E-state index in [0.717, 1.165) is 0 Å².